The molecule has 0 radical (unpaired) electrons. The van der Waals surface area contributed by atoms with E-state index < -0.39 is 0 Å². The van der Waals surface area contributed by atoms with Crippen LogP contribution in [0, 0.1) is 6.92 Å². The van der Waals surface area contributed by atoms with Gasteiger partial charge in [-0.2, -0.15) is 0 Å². The molecule has 0 bridgehead atoms. The zero-order valence-electron chi connectivity index (χ0n) is 16.3. The number of benzene rings is 3. The highest BCUT2D eigenvalue weighted by atomic mass is 79.9. The highest BCUT2D eigenvalue weighted by molar-refractivity contribution is 9.13. The predicted octanol–water partition coefficient (Wildman–Crippen LogP) is 7.18. The normalized spacial score (nSPS) is 11.5. The van der Waals surface area contributed by atoms with E-state index in [0.717, 1.165) is 32.4 Å². The lowest BCUT2D eigenvalue weighted by Gasteiger charge is -2.11. The van der Waals surface area contributed by atoms with Gasteiger partial charge in [-0.1, -0.05) is 18.2 Å². The van der Waals surface area contributed by atoms with Crippen LogP contribution in [0.1, 0.15) is 18.1 Å². The van der Waals surface area contributed by atoms with Crippen LogP contribution in [0.5, 0.6) is 11.5 Å². The van der Waals surface area contributed by atoms with Crippen molar-refractivity contribution in [2.75, 3.05) is 6.61 Å². The number of halogens is 2. The summed E-state index contributed by atoms with van der Waals surface area (Å²) in [6.45, 7) is 4.29. The Balaban J connectivity index is 1.73. The summed E-state index contributed by atoms with van der Waals surface area (Å²) in [5.74, 6) is 0.965. The van der Waals surface area contributed by atoms with Crippen molar-refractivity contribution in [2.24, 2.45) is 4.99 Å². The summed E-state index contributed by atoms with van der Waals surface area (Å²) in [5.41, 5.74) is 4.64. The first-order valence-electron chi connectivity index (χ1n) is 9.32. The molecular weight excluding hydrogens is 512 g/mol. The minimum atomic E-state index is 0.0310. The maximum atomic E-state index is 10.6. The van der Waals surface area contributed by atoms with Gasteiger partial charge in [0.15, 0.2) is 17.1 Å². The Kier molecular flexibility index (Phi) is 5.92. The number of fused-ring (bicyclic) bond motifs is 1. The molecule has 3 aromatic carbocycles. The van der Waals surface area contributed by atoms with Crippen molar-refractivity contribution < 1.29 is 14.3 Å². The van der Waals surface area contributed by atoms with Gasteiger partial charge in [0.25, 0.3) is 0 Å². The van der Waals surface area contributed by atoms with Crippen molar-refractivity contribution in [3.05, 3.63) is 68.6 Å². The van der Waals surface area contributed by atoms with E-state index in [2.05, 4.69) is 41.8 Å². The SMILES string of the molecule is CCOc1cc(Br)c(Br)c(C=Nc2cc(-c3nc4ccccc4o3)ccc2C)c1O. The van der Waals surface area contributed by atoms with Crippen LogP contribution in [0.3, 0.4) is 0 Å². The number of phenolic OH excluding ortho intramolecular Hbond substituents is 1. The first-order valence-corrected chi connectivity index (χ1v) is 10.9. The number of rotatable bonds is 5. The quantitative estimate of drug-likeness (QED) is 0.278. The fourth-order valence-corrected chi connectivity index (χ4v) is 3.83. The Morgan fingerprint density at radius 1 is 1.17 bits per heavy atom. The van der Waals surface area contributed by atoms with E-state index in [1.807, 2.05) is 56.3 Å². The maximum absolute atomic E-state index is 10.6. The van der Waals surface area contributed by atoms with Gasteiger partial charge in [0.05, 0.1) is 17.9 Å². The molecule has 0 saturated carbocycles. The molecular formula is C23H18Br2N2O3. The molecule has 7 heteroatoms. The van der Waals surface area contributed by atoms with E-state index >= 15 is 0 Å². The molecule has 0 amide bonds. The number of aliphatic imine (C=N–C) groups is 1. The minimum absolute atomic E-state index is 0.0310. The van der Waals surface area contributed by atoms with Crippen molar-refractivity contribution >= 4 is 54.9 Å². The van der Waals surface area contributed by atoms with Gasteiger partial charge in [-0.25, -0.2) is 4.98 Å². The predicted molar refractivity (Wildman–Crippen MR) is 126 cm³/mol. The molecule has 0 fully saturated rings. The number of aryl methyl sites for hydroxylation is 1. The lowest BCUT2D eigenvalue weighted by atomic mass is 10.1. The molecule has 0 atom stereocenters. The van der Waals surface area contributed by atoms with Gasteiger partial charge < -0.3 is 14.3 Å². The van der Waals surface area contributed by atoms with E-state index in [9.17, 15) is 5.11 Å². The largest absolute Gasteiger partial charge is 0.504 e. The van der Waals surface area contributed by atoms with Crippen LogP contribution in [0.4, 0.5) is 5.69 Å². The van der Waals surface area contributed by atoms with E-state index in [1.54, 1.807) is 12.3 Å². The molecule has 0 saturated heterocycles. The minimum Gasteiger partial charge on any atom is -0.504 e. The number of hydrogen-bond acceptors (Lipinski definition) is 5. The topological polar surface area (TPSA) is 67.9 Å². The molecule has 152 valence electrons. The van der Waals surface area contributed by atoms with E-state index in [1.165, 1.54) is 0 Å². The average molecular weight is 530 g/mol. The van der Waals surface area contributed by atoms with Gasteiger partial charge in [0, 0.05) is 20.7 Å². The summed E-state index contributed by atoms with van der Waals surface area (Å²) in [4.78, 5) is 9.17. The molecule has 1 N–H and O–H groups in total. The lowest BCUT2D eigenvalue weighted by molar-refractivity contribution is 0.317. The fourth-order valence-electron chi connectivity index (χ4n) is 3.01. The Morgan fingerprint density at radius 3 is 2.73 bits per heavy atom. The molecule has 5 nitrogen and oxygen atoms in total. The van der Waals surface area contributed by atoms with Gasteiger partial charge in [-0.05, 0) is 81.6 Å². The molecule has 1 aromatic heterocycles. The number of hydrogen-bond donors (Lipinski definition) is 1. The van der Waals surface area contributed by atoms with Crippen LogP contribution < -0.4 is 4.74 Å². The van der Waals surface area contributed by atoms with Crippen molar-refractivity contribution in [3.8, 4) is 23.0 Å². The summed E-state index contributed by atoms with van der Waals surface area (Å²) < 4.78 is 12.8. The molecule has 1 heterocycles. The Hall–Kier alpha value is -2.64. The van der Waals surface area contributed by atoms with E-state index in [4.69, 9.17) is 9.15 Å². The first kappa shape index (κ1) is 20.6. The number of oxazole rings is 1. The van der Waals surface area contributed by atoms with Crippen LogP contribution in [0.15, 0.2) is 66.9 Å². The number of ether oxygens (including phenoxy) is 1. The smallest absolute Gasteiger partial charge is 0.227 e. The average Bonchev–Trinajstić information content (AvgIpc) is 3.17. The second kappa shape index (κ2) is 8.62. The lowest BCUT2D eigenvalue weighted by Crippen LogP contribution is -1.96. The molecule has 0 aliphatic heterocycles. The Bertz CT molecular complexity index is 1230. The summed E-state index contributed by atoms with van der Waals surface area (Å²) in [6, 6.07) is 15.2. The third-order valence-electron chi connectivity index (χ3n) is 4.58. The Labute approximate surface area is 190 Å². The maximum Gasteiger partial charge on any atom is 0.227 e. The molecule has 0 aliphatic carbocycles. The number of aromatic hydroxyl groups is 1. The molecule has 0 aliphatic rings. The van der Waals surface area contributed by atoms with Crippen LogP contribution in [0.25, 0.3) is 22.6 Å². The van der Waals surface area contributed by atoms with Crippen LogP contribution in [-0.2, 0) is 0 Å². The van der Waals surface area contributed by atoms with Gasteiger partial charge in [-0.15, -0.1) is 0 Å². The summed E-state index contributed by atoms with van der Waals surface area (Å²) in [6.07, 6.45) is 1.62. The van der Waals surface area contributed by atoms with E-state index in [-0.39, 0.29) is 5.75 Å². The van der Waals surface area contributed by atoms with Gasteiger partial charge in [0.1, 0.15) is 5.52 Å². The molecule has 0 unspecified atom stereocenters. The highest BCUT2D eigenvalue weighted by Crippen LogP contribution is 2.40. The second-order valence-corrected chi connectivity index (χ2v) is 8.26. The summed E-state index contributed by atoms with van der Waals surface area (Å²) >= 11 is 6.98. The third-order valence-corrected chi connectivity index (χ3v) is 6.59. The zero-order valence-corrected chi connectivity index (χ0v) is 19.5. The molecule has 30 heavy (non-hydrogen) atoms. The van der Waals surface area contributed by atoms with Gasteiger partial charge in [0.2, 0.25) is 5.89 Å². The third kappa shape index (κ3) is 4.00. The molecule has 4 aromatic rings. The van der Waals surface area contributed by atoms with Crippen LogP contribution in [-0.4, -0.2) is 22.9 Å². The standard InChI is InChI=1S/C23H18Br2N2O3/c1-3-29-20-11-16(24)21(25)15(22(20)28)12-26-18-10-14(9-8-13(18)2)23-27-17-6-4-5-7-19(17)30-23/h4-12,28H,3H2,1-2H3. The van der Waals surface area contributed by atoms with E-state index in [0.29, 0.717) is 28.3 Å². The monoisotopic (exact) mass is 528 g/mol. The van der Waals surface area contributed by atoms with Crippen LogP contribution in [0.2, 0.25) is 0 Å². The summed E-state index contributed by atoms with van der Waals surface area (Å²) in [5, 5.41) is 10.6. The molecule has 0 spiro atoms. The zero-order chi connectivity index (χ0) is 21.3. The number of nitrogens with zero attached hydrogens (tertiary/aromatic N) is 2. The van der Waals surface area contributed by atoms with Crippen molar-refractivity contribution in [1.82, 2.24) is 4.98 Å². The van der Waals surface area contributed by atoms with Crippen molar-refractivity contribution in [3.63, 3.8) is 0 Å². The van der Waals surface area contributed by atoms with Gasteiger partial charge >= 0.3 is 0 Å². The number of para-hydroxylation sites is 2. The van der Waals surface area contributed by atoms with Crippen molar-refractivity contribution in [1.29, 1.82) is 0 Å². The molecule has 4 rings (SSSR count). The highest BCUT2D eigenvalue weighted by Gasteiger charge is 2.15. The van der Waals surface area contributed by atoms with Crippen molar-refractivity contribution in [2.45, 2.75) is 13.8 Å². The fraction of sp³-hybridized carbons (Fsp3) is 0.130. The number of phenols is 1. The van der Waals surface area contributed by atoms with Gasteiger partial charge in [-0.3, -0.25) is 4.99 Å². The first-order chi connectivity index (χ1) is 14.5. The number of aromatic nitrogens is 1. The Morgan fingerprint density at radius 2 is 1.97 bits per heavy atom. The van der Waals surface area contributed by atoms with Crippen LogP contribution >= 0.6 is 31.9 Å². The second-order valence-electron chi connectivity index (χ2n) is 6.61. The summed E-state index contributed by atoms with van der Waals surface area (Å²) in [7, 11) is 0.